The third kappa shape index (κ3) is 4.52. The third-order valence-corrected chi connectivity index (χ3v) is 4.51. The van der Waals surface area contributed by atoms with Gasteiger partial charge in [-0.2, -0.15) is 0 Å². The van der Waals surface area contributed by atoms with Crippen molar-refractivity contribution in [3.8, 4) is 0 Å². The molecule has 26 heavy (non-hydrogen) atoms. The Labute approximate surface area is 156 Å². The van der Waals surface area contributed by atoms with E-state index in [0.717, 1.165) is 0 Å². The maximum absolute atomic E-state index is 13.0. The molecule has 7 heteroatoms. The Kier molecular flexibility index (Phi) is 5.73. The van der Waals surface area contributed by atoms with Gasteiger partial charge in [-0.3, -0.25) is 4.79 Å². The highest BCUT2D eigenvalue weighted by Gasteiger charge is 2.23. The van der Waals surface area contributed by atoms with Crippen molar-refractivity contribution in [2.45, 2.75) is 6.42 Å². The van der Waals surface area contributed by atoms with E-state index in [1.165, 1.54) is 24.3 Å². The molecule has 0 saturated carbocycles. The van der Waals surface area contributed by atoms with E-state index in [1.54, 1.807) is 34.1 Å². The lowest BCUT2D eigenvalue weighted by atomic mass is 10.2. The SMILES string of the molecule is O=C(Nc1ccc(Cl)cc1)N1CCCN(C(=O)c2ccc(F)cc2)CC1. The Balaban J connectivity index is 1.58. The second-order valence-corrected chi connectivity index (χ2v) is 6.51. The average molecular weight is 376 g/mol. The van der Waals surface area contributed by atoms with Crippen LogP contribution in [0.3, 0.4) is 0 Å². The van der Waals surface area contributed by atoms with Gasteiger partial charge in [-0.25, -0.2) is 9.18 Å². The molecule has 1 aliphatic rings. The number of carbonyl (C=O) groups is 2. The van der Waals surface area contributed by atoms with Crippen LogP contribution in [0.25, 0.3) is 0 Å². The van der Waals surface area contributed by atoms with Crippen LogP contribution in [-0.4, -0.2) is 47.9 Å². The molecule has 1 aliphatic heterocycles. The first-order valence-corrected chi connectivity index (χ1v) is 8.77. The molecule has 0 aromatic heterocycles. The summed E-state index contributed by atoms with van der Waals surface area (Å²) in [5.41, 5.74) is 1.12. The van der Waals surface area contributed by atoms with Gasteiger partial charge in [0.1, 0.15) is 5.82 Å². The van der Waals surface area contributed by atoms with Crippen molar-refractivity contribution in [2.24, 2.45) is 0 Å². The van der Waals surface area contributed by atoms with Crippen LogP contribution in [0, 0.1) is 5.82 Å². The van der Waals surface area contributed by atoms with Crippen molar-refractivity contribution < 1.29 is 14.0 Å². The first-order chi connectivity index (χ1) is 12.5. The number of benzene rings is 2. The van der Waals surface area contributed by atoms with Crippen LogP contribution in [0.1, 0.15) is 16.8 Å². The van der Waals surface area contributed by atoms with Gasteiger partial charge in [0.15, 0.2) is 0 Å². The predicted molar refractivity (Wildman–Crippen MR) is 99.0 cm³/mol. The summed E-state index contributed by atoms with van der Waals surface area (Å²) < 4.78 is 13.0. The van der Waals surface area contributed by atoms with Crippen LogP contribution in [0.4, 0.5) is 14.9 Å². The molecule has 2 aromatic rings. The predicted octanol–water partition coefficient (Wildman–Crippen LogP) is 3.86. The van der Waals surface area contributed by atoms with E-state index in [4.69, 9.17) is 11.6 Å². The van der Waals surface area contributed by atoms with E-state index in [1.807, 2.05) is 0 Å². The summed E-state index contributed by atoms with van der Waals surface area (Å²) in [5, 5.41) is 3.44. The highest BCUT2D eigenvalue weighted by atomic mass is 35.5. The summed E-state index contributed by atoms with van der Waals surface area (Å²) in [6, 6.07) is 12.2. The first kappa shape index (κ1) is 18.2. The Hall–Kier alpha value is -2.60. The lowest BCUT2D eigenvalue weighted by Crippen LogP contribution is -2.39. The number of hydrogen-bond donors (Lipinski definition) is 1. The third-order valence-electron chi connectivity index (χ3n) is 4.26. The number of rotatable bonds is 2. The lowest BCUT2D eigenvalue weighted by molar-refractivity contribution is 0.0762. The van der Waals surface area contributed by atoms with Crippen molar-refractivity contribution in [3.05, 3.63) is 64.9 Å². The topological polar surface area (TPSA) is 52.7 Å². The molecule has 1 N–H and O–H groups in total. The molecule has 0 spiro atoms. The molecule has 5 nitrogen and oxygen atoms in total. The molecular formula is C19H19ClFN3O2. The largest absolute Gasteiger partial charge is 0.337 e. The van der Waals surface area contributed by atoms with Gasteiger partial charge in [-0.1, -0.05) is 11.6 Å². The van der Waals surface area contributed by atoms with Crippen molar-refractivity contribution >= 4 is 29.2 Å². The second kappa shape index (κ2) is 8.19. The van der Waals surface area contributed by atoms with E-state index in [-0.39, 0.29) is 17.8 Å². The van der Waals surface area contributed by atoms with Crippen LogP contribution in [0.2, 0.25) is 5.02 Å². The number of nitrogens with one attached hydrogen (secondary N) is 1. The minimum absolute atomic E-state index is 0.148. The van der Waals surface area contributed by atoms with Gasteiger partial charge < -0.3 is 15.1 Å². The number of hydrogen-bond acceptors (Lipinski definition) is 2. The van der Waals surface area contributed by atoms with Gasteiger partial charge in [0, 0.05) is 42.5 Å². The Morgan fingerprint density at radius 1 is 0.885 bits per heavy atom. The van der Waals surface area contributed by atoms with Crippen LogP contribution in [0.5, 0.6) is 0 Å². The second-order valence-electron chi connectivity index (χ2n) is 6.08. The number of amides is 3. The van der Waals surface area contributed by atoms with E-state index in [2.05, 4.69) is 5.32 Å². The number of halogens is 2. The molecule has 3 rings (SSSR count). The molecule has 136 valence electrons. The van der Waals surface area contributed by atoms with Gasteiger partial charge in [0.2, 0.25) is 0 Å². The highest BCUT2D eigenvalue weighted by Crippen LogP contribution is 2.15. The smallest absolute Gasteiger partial charge is 0.321 e. The fourth-order valence-corrected chi connectivity index (χ4v) is 2.96. The van der Waals surface area contributed by atoms with Gasteiger partial charge in [0.05, 0.1) is 0 Å². The fourth-order valence-electron chi connectivity index (χ4n) is 2.83. The Bertz CT molecular complexity index is 780. The molecule has 0 bridgehead atoms. The van der Waals surface area contributed by atoms with E-state index in [0.29, 0.717) is 48.9 Å². The standard InChI is InChI=1S/C19H19ClFN3O2/c20-15-4-8-17(9-5-15)22-19(26)24-11-1-10-23(12-13-24)18(25)14-2-6-16(21)7-3-14/h2-9H,1,10-13H2,(H,22,26). The average Bonchev–Trinajstić information content (AvgIpc) is 2.90. The molecule has 0 aliphatic carbocycles. The van der Waals surface area contributed by atoms with Gasteiger partial charge >= 0.3 is 6.03 Å². The summed E-state index contributed by atoms with van der Waals surface area (Å²) in [5.74, 6) is -0.521. The molecule has 1 saturated heterocycles. The maximum Gasteiger partial charge on any atom is 0.321 e. The number of urea groups is 1. The van der Waals surface area contributed by atoms with E-state index in [9.17, 15) is 14.0 Å². The molecule has 2 aromatic carbocycles. The summed E-state index contributed by atoms with van der Waals surface area (Å²) in [4.78, 5) is 28.3. The summed E-state index contributed by atoms with van der Waals surface area (Å²) in [7, 11) is 0. The summed E-state index contributed by atoms with van der Waals surface area (Å²) in [6.07, 6.45) is 0.682. The van der Waals surface area contributed by atoms with Crippen LogP contribution >= 0.6 is 11.6 Å². The van der Waals surface area contributed by atoms with Crippen LogP contribution < -0.4 is 5.32 Å². The van der Waals surface area contributed by atoms with Gasteiger partial charge in [-0.15, -0.1) is 0 Å². The normalized spacial score (nSPS) is 14.7. The van der Waals surface area contributed by atoms with Crippen LogP contribution in [-0.2, 0) is 0 Å². The lowest BCUT2D eigenvalue weighted by Gasteiger charge is -2.22. The number of anilines is 1. The zero-order chi connectivity index (χ0) is 18.5. The van der Waals surface area contributed by atoms with E-state index >= 15 is 0 Å². The van der Waals surface area contributed by atoms with Crippen molar-refractivity contribution in [2.75, 3.05) is 31.5 Å². The molecule has 1 fully saturated rings. The molecular weight excluding hydrogens is 357 g/mol. The minimum Gasteiger partial charge on any atom is -0.337 e. The van der Waals surface area contributed by atoms with Gasteiger partial charge in [0.25, 0.3) is 5.91 Å². The molecule has 0 unspecified atom stereocenters. The molecule has 0 atom stereocenters. The number of nitrogens with zero attached hydrogens (tertiary/aromatic N) is 2. The fraction of sp³-hybridized carbons (Fsp3) is 0.263. The first-order valence-electron chi connectivity index (χ1n) is 8.39. The zero-order valence-electron chi connectivity index (χ0n) is 14.1. The highest BCUT2D eigenvalue weighted by molar-refractivity contribution is 6.30. The van der Waals surface area contributed by atoms with Gasteiger partial charge in [-0.05, 0) is 55.0 Å². The summed E-state index contributed by atoms with van der Waals surface area (Å²) >= 11 is 5.84. The zero-order valence-corrected chi connectivity index (χ0v) is 14.9. The summed E-state index contributed by atoms with van der Waals surface area (Å²) in [6.45, 7) is 1.99. The molecule has 1 heterocycles. The van der Waals surface area contributed by atoms with Crippen molar-refractivity contribution in [3.63, 3.8) is 0 Å². The quantitative estimate of drug-likeness (QED) is 0.866. The minimum atomic E-state index is -0.373. The monoisotopic (exact) mass is 375 g/mol. The molecule has 3 amide bonds. The van der Waals surface area contributed by atoms with E-state index < -0.39 is 0 Å². The number of carbonyl (C=O) groups excluding carboxylic acids is 2. The maximum atomic E-state index is 13.0. The Morgan fingerprint density at radius 2 is 1.50 bits per heavy atom. The van der Waals surface area contributed by atoms with Crippen molar-refractivity contribution in [1.82, 2.24) is 9.80 Å². The molecule has 0 radical (unpaired) electrons. The van der Waals surface area contributed by atoms with Crippen molar-refractivity contribution in [1.29, 1.82) is 0 Å². The van der Waals surface area contributed by atoms with Crippen LogP contribution in [0.15, 0.2) is 48.5 Å². The Morgan fingerprint density at radius 3 is 2.19 bits per heavy atom.